The molecular formula is C15H23NO. The highest BCUT2D eigenvalue weighted by Crippen LogP contribution is 2.36. The molecule has 1 saturated carbocycles. The molecule has 17 heavy (non-hydrogen) atoms. The number of rotatable bonds is 3. The van der Waals surface area contributed by atoms with Gasteiger partial charge in [0.05, 0.1) is 6.10 Å². The van der Waals surface area contributed by atoms with Gasteiger partial charge in [0.25, 0.3) is 0 Å². The molecule has 1 aromatic carbocycles. The Morgan fingerprint density at radius 2 is 1.88 bits per heavy atom. The second-order valence-corrected chi connectivity index (χ2v) is 5.79. The highest BCUT2D eigenvalue weighted by molar-refractivity contribution is 5.33. The minimum atomic E-state index is 0.371. The summed E-state index contributed by atoms with van der Waals surface area (Å²) < 4.78 is 6.09. The van der Waals surface area contributed by atoms with Crippen molar-refractivity contribution < 1.29 is 4.74 Å². The van der Waals surface area contributed by atoms with Crippen LogP contribution < -0.4 is 10.5 Å². The Bertz CT molecular complexity index is 363. The third-order valence-electron chi connectivity index (χ3n) is 3.77. The van der Waals surface area contributed by atoms with Gasteiger partial charge in [-0.05, 0) is 37.2 Å². The van der Waals surface area contributed by atoms with Crippen LogP contribution in [-0.4, -0.2) is 6.10 Å². The summed E-state index contributed by atoms with van der Waals surface area (Å²) in [5, 5.41) is 0. The van der Waals surface area contributed by atoms with Crippen LogP contribution in [0.25, 0.3) is 0 Å². The number of benzene rings is 1. The lowest BCUT2D eigenvalue weighted by atomic mass is 9.76. The molecule has 0 aliphatic heterocycles. The van der Waals surface area contributed by atoms with Crippen LogP contribution in [0, 0.1) is 5.41 Å². The number of ether oxygens (including phenoxy) is 1. The number of hydrogen-bond acceptors (Lipinski definition) is 2. The van der Waals surface area contributed by atoms with Crippen LogP contribution in [0.3, 0.4) is 0 Å². The van der Waals surface area contributed by atoms with Gasteiger partial charge in [-0.25, -0.2) is 0 Å². The molecule has 0 atom stereocenters. The van der Waals surface area contributed by atoms with Crippen LogP contribution >= 0.6 is 0 Å². The first kappa shape index (κ1) is 12.4. The molecule has 0 radical (unpaired) electrons. The Morgan fingerprint density at radius 3 is 2.53 bits per heavy atom. The molecule has 0 heterocycles. The third kappa shape index (κ3) is 3.22. The van der Waals surface area contributed by atoms with E-state index < -0.39 is 0 Å². The molecule has 0 amide bonds. The van der Waals surface area contributed by atoms with Gasteiger partial charge in [0, 0.05) is 12.1 Å². The van der Waals surface area contributed by atoms with Gasteiger partial charge in [0.15, 0.2) is 0 Å². The molecule has 94 valence electrons. The van der Waals surface area contributed by atoms with Crippen LogP contribution in [0.15, 0.2) is 24.3 Å². The van der Waals surface area contributed by atoms with Crippen molar-refractivity contribution in [3.8, 4) is 5.75 Å². The summed E-state index contributed by atoms with van der Waals surface area (Å²) in [6, 6.07) is 8.10. The minimum Gasteiger partial charge on any atom is -0.490 e. The number of nitrogens with two attached hydrogens (primary N) is 1. The fraction of sp³-hybridized carbons (Fsp3) is 0.600. The molecule has 1 aliphatic carbocycles. The van der Waals surface area contributed by atoms with Gasteiger partial charge in [0.1, 0.15) is 5.75 Å². The van der Waals surface area contributed by atoms with Crippen molar-refractivity contribution in [2.45, 2.75) is 52.2 Å². The van der Waals surface area contributed by atoms with E-state index in [-0.39, 0.29) is 0 Å². The zero-order chi connectivity index (χ0) is 12.3. The predicted molar refractivity (Wildman–Crippen MR) is 71.0 cm³/mol. The molecule has 0 unspecified atom stereocenters. The average Bonchev–Trinajstić information content (AvgIpc) is 2.32. The zero-order valence-corrected chi connectivity index (χ0v) is 10.9. The van der Waals surface area contributed by atoms with Crippen LogP contribution in [-0.2, 0) is 6.54 Å². The molecule has 2 rings (SSSR count). The van der Waals surface area contributed by atoms with Crippen LogP contribution in [0.4, 0.5) is 0 Å². The largest absolute Gasteiger partial charge is 0.490 e. The maximum absolute atomic E-state index is 6.09. The predicted octanol–water partition coefficient (Wildman–Crippen LogP) is 3.49. The Hall–Kier alpha value is -1.02. The summed E-state index contributed by atoms with van der Waals surface area (Å²) in [5.74, 6) is 0.972. The lowest BCUT2D eigenvalue weighted by Crippen LogP contribution is -2.28. The summed E-state index contributed by atoms with van der Waals surface area (Å²) in [6.07, 6.45) is 5.19. The van der Waals surface area contributed by atoms with E-state index in [1.807, 2.05) is 24.3 Å². The summed E-state index contributed by atoms with van der Waals surface area (Å²) in [6.45, 7) is 5.24. The Balaban J connectivity index is 1.98. The quantitative estimate of drug-likeness (QED) is 0.867. The third-order valence-corrected chi connectivity index (χ3v) is 3.77. The smallest absolute Gasteiger partial charge is 0.124 e. The molecule has 0 spiro atoms. The Labute approximate surface area is 104 Å². The molecule has 1 aliphatic rings. The average molecular weight is 233 g/mol. The lowest BCUT2D eigenvalue weighted by molar-refractivity contribution is 0.0979. The fourth-order valence-electron chi connectivity index (χ4n) is 2.46. The molecule has 0 saturated heterocycles. The molecule has 1 fully saturated rings. The first-order chi connectivity index (χ1) is 8.11. The number of hydrogen-bond donors (Lipinski definition) is 1. The first-order valence-electron chi connectivity index (χ1n) is 6.55. The van der Waals surface area contributed by atoms with Crippen molar-refractivity contribution in [3.63, 3.8) is 0 Å². The minimum absolute atomic E-state index is 0.371. The van der Waals surface area contributed by atoms with Crippen molar-refractivity contribution in [1.29, 1.82) is 0 Å². The second-order valence-electron chi connectivity index (χ2n) is 5.79. The highest BCUT2D eigenvalue weighted by Gasteiger charge is 2.27. The van der Waals surface area contributed by atoms with Gasteiger partial charge >= 0.3 is 0 Å². The molecule has 2 N–H and O–H groups in total. The van der Waals surface area contributed by atoms with Gasteiger partial charge in [-0.1, -0.05) is 32.0 Å². The molecule has 2 heteroatoms. The lowest BCUT2D eigenvalue weighted by Gasteiger charge is -2.34. The van der Waals surface area contributed by atoms with Crippen molar-refractivity contribution >= 4 is 0 Å². The van der Waals surface area contributed by atoms with Crippen molar-refractivity contribution in [1.82, 2.24) is 0 Å². The van der Waals surface area contributed by atoms with Gasteiger partial charge in [-0.2, -0.15) is 0 Å². The van der Waals surface area contributed by atoms with E-state index in [2.05, 4.69) is 13.8 Å². The zero-order valence-electron chi connectivity index (χ0n) is 10.9. The van der Waals surface area contributed by atoms with Gasteiger partial charge in [0.2, 0.25) is 0 Å². The Morgan fingerprint density at radius 1 is 1.24 bits per heavy atom. The summed E-state index contributed by atoms with van der Waals surface area (Å²) in [4.78, 5) is 0. The van der Waals surface area contributed by atoms with Gasteiger partial charge in [-0.15, -0.1) is 0 Å². The monoisotopic (exact) mass is 233 g/mol. The van der Waals surface area contributed by atoms with Crippen molar-refractivity contribution in [3.05, 3.63) is 29.8 Å². The molecule has 2 nitrogen and oxygen atoms in total. The molecule has 1 aromatic rings. The maximum atomic E-state index is 6.09. The standard InChI is InChI=1S/C15H23NO/c1-15(2)9-7-13(8-10-15)17-14-6-4-3-5-12(14)11-16/h3-6,13H,7-11,16H2,1-2H3. The van der Waals surface area contributed by atoms with Crippen LogP contribution in [0.5, 0.6) is 5.75 Å². The highest BCUT2D eigenvalue weighted by atomic mass is 16.5. The van der Waals surface area contributed by atoms with E-state index in [4.69, 9.17) is 10.5 Å². The first-order valence-corrected chi connectivity index (χ1v) is 6.55. The number of para-hydroxylation sites is 1. The second kappa shape index (κ2) is 5.09. The maximum Gasteiger partial charge on any atom is 0.124 e. The normalized spacial score (nSPS) is 20.2. The van der Waals surface area contributed by atoms with Crippen LogP contribution in [0.1, 0.15) is 45.1 Å². The molecular weight excluding hydrogens is 210 g/mol. The summed E-state index contributed by atoms with van der Waals surface area (Å²) in [7, 11) is 0. The SMILES string of the molecule is CC1(C)CCC(Oc2ccccc2CN)CC1. The van der Waals surface area contributed by atoms with E-state index in [0.717, 1.165) is 24.2 Å². The van der Waals surface area contributed by atoms with E-state index in [9.17, 15) is 0 Å². The van der Waals surface area contributed by atoms with Gasteiger partial charge < -0.3 is 10.5 Å². The van der Waals surface area contributed by atoms with Gasteiger partial charge in [-0.3, -0.25) is 0 Å². The fourth-order valence-corrected chi connectivity index (χ4v) is 2.46. The molecule has 0 bridgehead atoms. The summed E-state index contributed by atoms with van der Waals surface area (Å²) in [5.41, 5.74) is 7.32. The molecule has 0 aromatic heterocycles. The van der Waals surface area contributed by atoms with Crippen molar-refractivity contribution in [2.75, 3.05) is 0 Å². The van der Waals surface area contributed by atoms with E-state index in [1.165, 1.54) is 12.8 Å². The van der Waals surface area contributed by atoms with E-state index in [0.29, 0.717) is 18.1 Å². The van der Waals surface area contributed by atoms with Crippen molar-refractivity contribution in [2.24, 2.45) is 11.1 Å². The summed E-state index contributed by atoms with van der Waals surface area (Å²) >= 11 is 0. The topological polar surface area (TPSA) is 35.2 Å². The Kier molecular flexibility index (Phi) is 3.72. The van der Waals surface area contributed by atoms with E-state index >= 15 is 0 Å². The van der Waals surface area contributed by atoms with Crippen LogP contribution in [0.2, 0.25) is 0 Å². The van der Waals surface area contributed by atoms with E-state index in [1.54, 1.807) is 0 Å².